The number of carbonyl (C=O) groups excluding carboxylic acids is 1. The van der Waals surface area contributed by atoms with Crippen LogP contribution >= 0.6 is 24.0 Å². The van der Waals surface area contributed by atoms with Crippen molar-refractivity contribution in [1.29, 1.82) is 5.26 Å². The van der Waals surface area contributed by atoms with Gasteiger partial charge in [-0.2, -0.15) is 5.26 Å². The minimum absolute atomic E-state index is 0.0285. The average molecular weight is 513 g/mol. The van der Waals surface area contributed by atoms with Crippen LogP contribution in [0.2, 0.25) is 0 Å². The Kier molecular flexibility index (Phi) is 7.50. The highest BCUT2D eigenvalue weighted by Gasteiger charge is 2.34. The van der Waals surface area contributed by atoms with E-state index in [0.717, 1.165) is 6.42 Å². The number of hydrogen-bond donors (Lipinski definition) is 0. The highest BCUT2D eigenvalue weighted by molar-refractivity contribution is 8.26. The molecule has 4 rings (SSSR count). The molecule has 0 spiro atoms. The Morgan fingerprint density at radius 3 is 2.60 bits per heavy atom. The Bertz CT molecular complexity index is 1270. The van der Waals surface area contributed by atoms with Crippen molar-refractivity contribution in [1.82, 2.24) is 9.47 Å². The molecular weight excluding hydrogens is 484 g/mol. The van der Waals surface area contributed by atoms with Crippen molar-refractivity contribution in [2.75, 3.05) is 18.0 Å². The largest absolute Gasteiger partial charge is 0.467 e. The molecule has 2 atom stereocenters. The molecule has 0 bridgehead atoms. The molecule has 0 aromatic carbocycles. The molecule has 2 aliphatic heterocycles. The van der Waals surface area contributed by atoms with E-state index in [0.29, 0.717) is 51.6 Å². The number of rotatable bonds is 6. The lowest BCUT2D eigenvalue weighted by Crippen LogP contribution is -2.48. The fourth-order valence-corrected chi connectivity index (χ4v) is 5.83. The van der Waals surface area contributed by atoms with Crippen LogP contribution in [-0.2, 0) is 22.6 Å². The molecule has 4 heterocycles. The Morgan fingerprint density at radius 1 is 1.29 bits per heavy atom. The van der Waals surface area contributed by atoms with Gasteiger partial charge in [-0.25, -0.2) is 0 Å². The van der Waals surface area contributed by atoms with Gasteiger partial charge in [-0.1, -0.05) is 30.9 Å². The van der Waals surface area contributed by atoms with E-state index in [1.807, 2.05) is 20.8 Å². The van der Waals surface area contributed by atoms with Gasteiger partial charge < -0.3 is 14.1 Å². The summed E-state index contributed by atoms with van der Waals surface area (Å²) in [5.74, 6) is 1.13. The highest BCUT2D eigenvalue weighted by atomic mass is 32.2. The zero-order valence-electron chi connectivity index (χ0n) is 20.2. The fourth-order valence-electron chi connectivity index (χ4n) is 4.59. The zero-order chi connectivity index (χ0) is 25.3. The second-order valence-corrected chi connectivity index (χ2v) is 10.5. The molecule has 2 saturated heterocycles. The number of furan rings is 1. The minimum atomic E-state index is -0.309. The number of morpholine rings is 1. The summed E-state index contributed by atoms with van der Waals surface area (Å²) >= 11 is 6.71. The van der Waals surface area contributed by atoms with Crippen molar-refractivity contribution in [3.63, 3.8) is 0 Å². The van der Waals surface area contributed by atoms with Gasteiger partial charge in [0.1, 0.15) is 27.5 Å². The second-order valence-electron chi connectivity index (χ2n) is 8.82. The Morgan fingerprint density at radius 2 is 2.00 bits per heavy atom. The van der Waals surface area contributed by atoms with Crippen molar-refractivity contribution in [3.8, 4) is 6.07 Å². The normalized spacial score (nSPS) is 21.7. The van der Waals surface area contributed by atoms with E-state index >= 15 is 0 Å². The van der Waals surface area contributed by atoms with Gasteiger partial charge in [-0.15, -0.1) is 0 Å². The lowest BCUT2D eigenvalue weighted by molar-refractivity contribution is -0.122. The zero-order valence-corrected chi connectivity index (χ0v) is 21.9. The molecular formula is C25H28N4O4S2. The van der Waals surface area contributed by atoms with Crippen LogP contribution in [0.25, 0.3) is 6.08 Å². The third-order valence-electron chi connectivity index (χ3n) is 6.06. The number of amides is 1. The van der Waals surface area contributed by atoms with E-state index in [4.69, 9.17) is 21.4 Å². The van der Waals surface area contributed by atoms with Gasteiger partial charge in [-0.05, 0) is 51.0 Å². The number of thiocarbonyl (C=S) groups is 1. The number of hydrogen-bond acceptors (Lipinski definition) is 8. The molecule has 2 aromatic heterocycles. The Labute approximate surface area is 214 Å². The van der Waals surface area contributed by atoms with Crippen LogP contribution in [-0.4, -0.2) is 45.0 Å². The van der Waals surface area contributed by atoms with Crippen molar-refractivity contribution < 1.29 is 13.9 Å². The van der Waals surface area contributed by atoms with Gasteiger partial charge >= 0.3 is 0 Å². The van der Waals surface area contributed by atoms with Crippen molar-refractivity contribution >= 4 is 46.1 Å². The quantitative estimate of drug-likeness (QED) is 0.423. The first-order valence-corrected chi connectivity index (χ1v) is 12.8. The van der Waals surface area contributed by atoms with E-state index in [-0.39, 0.29) is 35.8 Å². The van der Waals surface area contributed by atoms with Crippen molar-refractivity contribution in [2.24, 2.45) is 0 Å². The lowest BCUT2D eigenvalue weighted by Gasteiger charge is -2.39. The highest BCUT2D eigenvalue weighted by Crippen LogP contribution is 2.37. The van der Waals surface area contributed by atoms with Crippen LogP contribution in [0.4, 0.5) is 5.82 Å². The van der Waals surface area contributed by atoms with Gasteiger partial charge in [0.25, 0.3) is 11.5 Å². The predicted octanol–water partition coefficient (Wildman–Crippen LogP) is 4.05. The monoisotopic (exact) mass is 512 g/mol. The number of thioether (sulfide) groups is 1. The summed E-state index contributed by atoms with van der Waals surface area (Å²) in [6, 6.07) is 5.65. The van der Waals surface area contributed by atoms with E-state index < -0.39 is 0 Å². The maximum absolute atomic E-state index is 13.3. The molecule has 35 heavy (non-hydrogen) atoms. The smallest absolute Gasteiger partial charge is 0.270 e. The molecule has 2 unspecified atom stereocenters. The fraction of sp³-hybridized carbons (Fsp3) is 0.440. The van der Waals surface area contributed by atoms with Crippen LogP contribution < -0.4 is 10.5 Å². The molecule has 2 aliphatic rings. The molecule has 184 valence electrons. The van der Waals surface area contributed by atoms with Crippen molar-refractivity contribution in [2.45, 2.75) is 59.4 Å². The number of nitrogens with zero attached hydrogens (tertiary/aromatic N) is 4. The third kappa shape index (κ3) is 4.94. The molecule has 0 saturated carbocycles. The van der Waals surface area contributed by atoms with Crippen LogP contribution in [0.15, 0.2) is 32.5 Å². The van der Waals surface area contributed by atoms with Crippen molar-refractivity contribution in [3.05, 3.63) is 56.1 Å². The molecule has 2 fully saturated rings. The minimum Gasteiger partial charge on any atom is -0.467 e. The summed E-state index contributed by atoms with van der Waals surface area (Å²) < 4.78 is 13.4. The van der Waals surface area contributed by atoms with Gasteiger partial charge in [0, 0.05) is 25.2 Å². The Hall–Kier alpha value is -2.87. The van der Waals surface area contributed by atoms with Crippen LogP contribution in [0.5, 0.6) is 0 Å². The first kappa shape index (κ1) is 25.2. The standard InChI is InChI=1S/C25H28N4O4S2/c1-5-8-28-22(27-12-15(2)33-16(3)13-27)19(17(4)20(11-26)23(28)30)10-21-24(31)29(25(34)35-21)14-18-7-6-9-32-18/h6-7,9-10,15-16H,5,8,12-14H2,1-4H3. The SMILES string of the molecule is CCCn1c(N2CC(C)OC(C)C2)c(C=C2SC(=S)N(Cc3ccco3)C2=O)c(C)c(C#N)c1=O. The molecule has 1 amide bonds. The van der Waals surface area contributed by atoms with Crippen LogP contribution in [0.3, 0.4) is 0 Å². The van der Waals surface area contributed by atoms with Gasteiger partial charge in [-0.3, -0.25) is 19.1 Å². The molecule has 2 aromatic rings. The number of ether oxygens (including phenoxy) is 1. The molecule has 0 radical (unpaired) electrons. The number of anilines is 1. The summed E-state index contributed by atoms with van der Waals surface area (Å²) in [4.78, 5) is 30.7. The number of aromatic nitrogens is 1. The summed E-state index contributed by atoms with van der Waals surface area (Å²) in [6.07, 6.45) is 4.01. The van der Waals surface area contributed by atoms with E-state index in [1.165, 1.54) is 16.7 Å². The summed E-state index contributed by atoms with van der Waals surface area (Å²) in [6.45, 7) is 9.66. The molecule has 0 N–H and O–H groups in total. The second kappa shape index (κ2) is 10.4. The van der Waals surface area contributed by atoms with E-state index in [9.17, 15) is 14.9 Å². The maximum atomic E-state index is 13.3. The van der Waals surface area contributed by atoms with Crippen LogP contribution in [0, 0.1) is 18.3 Å². The number of carbonyl (C=O) groups is 1. The van der Waals surface area contributed by atoms with Crippen LogP contribution in [0.1, 0.15) is 49.6 Å². The molecule has 0 aliphatic carbocycles. The topological polar surface area (TPSA) is 91.7 Å². The summed E-state index contributed by atoms with van der Waals surface area (Å²) in [7, 11) is 0. The summed E-state index contributed by atoms with van der Waals surface area (Å²) in [5, 5.41) is 9.81. The molecule has 10 heteroatoms. The number of pyridine rings is 1. The predicted molar refractivity (Wildman–Crippen MR) is 140 cm³/mol. The van der Waals surface area contributed by atoms with E-state index in [2.05, 4.69) is 11.0 Å². The van der Waals surface area contributed by atoms with Gasteiger partial charge in [0.05, 0.1) is 29.9 Å². The first-order chi connectivity index (χ1) is 16.7. The maximum Gasteiger partial charge on any atom is 0.270 e. The summed E-state index contributed by atoms with van der Waals surface area (Å²) in [5.41, 5.74) is 1.03. The first-order valence-electron chi connectivity index (χ1n) is 11.6. The Balaban J connectivity index is 1.86. The third-order valence-corrected chi connectivity index (χ3v) is 7.43. The van der Waals surface area contributed by atoms with E-state index in [1.54, 1.807) is 36.0 Å². The lowest BCUT2D eigenvalue weighted by atomic mass is 10.0. The number of nitriles is 1. The van der Waals surface area contributed by atoms with Gasteiger partial charge in [0.2, 0.25) is 0 Å². The average Bonchev–Trinajstić information content (AvgIpc) is 3.41. The molecule has 8 nitrogen and oxygen atoms in total. The van der Waals surface area contributed by atoms with Gasteiger partial charge in [0.15, 0.2) is 0 Å².